The third-order valence-corrected chi connectivity index (χ3v) is 2.57. The molecule has 7 nitrogen and oxygen atoms in total. The van der Waals surface area contributed by atoms with Crippen molar-refractivity contribution in [1.29, 1.82) is 0 Å². The van der Waals surface area contributed by atoms with E-state index in [2.05, 4.69) is 10.1 Å². The first kappa shape index (κ1) is 14.9. The van der Waals surface area contributed by atoms with E-state index in [4.69, 9.17) is 11.6 Å². The quantitative estimate of drug-likeness (QED) is 0.378. The highest BCUT2D eigenvalue weighted by atomic mass is 35.5. The third-order valence-electron chi connectivity index (χ3n) is 2.24. The van der Waals surface area contributed by atoms with Crippen molar-refractivity contribution in [3.05, 3.63) is 39.9 Å². The van der Waals surface area contributed by atoms with Crippen LogP contribution in [0.5, 0.6) is 0 Å². The summed E-state index contributed by atoms with van der Waals surface area (Å²) in [5.74, 6) is -1.13. The summed E-state index contributed by atoms with van der Waals surface area (Å²) in [5, 5.41) is 11.9. The lowest BCUT2D eigenvalue weighted by Gasteiger charge is -2.08. The first-order valence-corrected chi connectivity index (χ1v) is 5.64. The van der Waals surface area contributed by atoms with Gasteiger partial charge in [0.1, 0.15) is 5.38 Å². The Morgan fingerprint density at radius 1 is 1.42 bits per heavy atom. The lowest BCUT2D eigenvalue weighted by atomic mass is 10.2. The number of halogens is 1. The van der Waals surface area contributed by atoms with Crippen LogP contribution in [-0.2, 0) is 9.53 Å². The number of hydrogen-bond acceptors (Lipinski definition) is 5. The second kappa shape index (κ2) is 6.69. The minimum absolute atomic E-state index is 0.0932. The van der Waals surface area contributed by atoms with Gasteiger partial charge in [0.15, 0.2) is 0 Å². The lowest BCUT2D eigenvalue weighted by Crippen LogP contribution is -2.34. The molecule has 0 radical (unpaired) electrons. The number of amides is 1. The Hall–Kier alpha value is -2.15. The van der Waals surface area contributed by atoms with E-state index in [1.54, 1.807) is 0 Å². The van der Waals surface area contributed by atoms with Crippen molar-refractivity contribution in [2.45, 2.75) is 5.38 Å². The van der Waals surface area contributed by atoms with Crippen LogP contribution in [0.4, 0.5) is 5.69 Å². The second-order valence-electron chi connectivity index (χ2n) is 3.50. The Labute approximate surface area is 113 Å². The molecule has 0 heterocycles. The standard InChI is InChI=1S/C11H11ClN2O5/c1-19-11(16)9(12)6-13-10(15)7-2-4-8(5-3-7)14(17)18/h2-5,9H,6H2,1H3,(H,13,15). The summed E-state index contributed by atoms with van der Waals surface area (Å²) >= 11 is 5.65. The molecule has 0 fully saturated rings. The summed E-state index contributed by atoms with van der Waals surface area (Å²) in [6.07, 6.45) is 0. The molecule has 0 saturated heterocycles. The zero-order valence-corrected chi connectivity index (χ0v) is 10.7. The molecule has 0 aliphatic heterocycles. The van der Waals surface area contributed by atoms with Crippen LogP contribution in [0.2, 0.25) is 0 Å². The van der Waals surface area contributed by atoms with Gasteiger partial charge in [0.05, 0.1) is 12.0 Å². The van der Waals surface area contributed by atoms with Gasteiger partial charge in [-0.2, -0.15) is 0 Å². The first-order valence-electron chi connectivity index (χ1n) is 5.20. The first-order chi connectivity index (χ1) is 8.95. The van der Waals surface area contributed by atoms with Gasteiger partial charge in [-0.1, -0.05) is 0 Å². The van der Waals surface area contributed by atoms with Crippen molar-refractivity contribution in [3.8, 4) is 0 Å². The maximum Gasteiger partial charge on any atom is 0.325 e. The van der Waals surface area contributed by atoms with Gasteiger partial charge in [0, 0.05) is 24.2 Å². The average molecular weight is 287 g/mol. The normalized spacial score (nSPS) is 11.5. The number of benzene rings is 1. The summed E-state index contributed by atoms with van der Waals surface area (Å²) < 4.78 is 4.39. The Morgan fingerprint density at radius 3 is 2.47 bits per heavy atom. The van der Waals surface area contributed by atoms with E-state index >= 15 is 0 Å². The van der Waals surface area contributed by atoms with Gasteiger partial charge < -0.3 is 10.1 Å². The monoisotopic (exact) mass is 286 g/mol. The van der Waals surface area contributed by atoms with Crippen LogP contribution in [0.25, 0.3) is 0 Å². The maximum atomic E-state index is 11.6. The van der Waals surface area contributed by atoms with Crippen LogP contribution in [0, 0.1) is 10.1 Å². The minimum atomic E-state index is -0.980. The van der Waals surface area contributed by atoms with Crippen LogP contribution in [-0.4, -0.2) is 35.8 Å². The molecule has 1 aromatic rings. The number of carbonyl (C=O) groups excluding carboxylic acids is 2. The van der Waals surface area contributed by atoms with E-state index in [9.17, 15) is 19.7 Å². The molecule has 1 atom stereocenters. The minimum Gasteiger partial charge on any atom is -0.468 e. The zero-order chi connectivity index (χ0) is 14.4. The van der Waals surface area contributed by atoms with Gasteiger partial charge in [-0.05, 0) is 12.1 Å². The lowest BCUT2D eigenvalue weighted by molar-refractivity contribution is -0.384. The Balaban J connectivity index is 2.59. The molecule has 1 amide bonds. The molecule has 1 N–H and O–H groups in total. The van der Waals surface area contributed by atoms with E-state index in [0.29, 0.717) is 0 Å². The molecule has 1 rings (SSSR count). The van der Waals surface area contributed by atoms with Crippen LogP contribution in [0.3, 0.4) is 0 Å². The third kappa shape index (κ3) is 4.22. The van der Waals surface area contributed by atoms with Crippen molar-refractivity contribution < 1.29 is 19.2 Å². The van der Waals surface area contributed by atoms with E-state index in [1.165, 1.54) is 31.4 Å². The van der Waals surface area contributed by atoms with Crippen molar-refractivity contribution in [3.63, 3.8) is 0 Å². The largest absolute Gasteiger partial charge is 0.468 e. The summed E-state index contributed by atoms with van der Waals surface area (Å²) in [6, 6.07) is 5.06. The molecule has 0 spiro atoms. The molecule has 0 aliphatic rings. The number of carbonyl (C=O) groups is 2. The highest BCUT2D eigenvalue weighted by Gasteiger charge is 2.17. The number of alkyl halides is 1. The number of methoxy groups -OCH3 is 1. The molecule has 19 heavy (non-hydrogen) atoms. The smallest absolute Gasteiger partial charge is 0.325 e. The fourth-order valence-electron chi connectivity index (χ4n) is 1.23. The number of ether oxygens (including phenoxy) is 1. The molecule has 0 saturated carbocycles. The molecule has 0 aromatic heterocycles. The van der Waals surface area contributed by atoms with Crippen molar-refractivity contribution in [2.75, 3.05) is 13.7 Å². The highest BCUT2D eigenvalue weighted by molar-refractivity contribution is 6.30. The van der Waals surface area contributed by atoms with Gasteiger partial charge in [0.25, 0.3) is 11.6 Å². The van der Waals surface area contributed by atoms with Crippen LogP contribution in [0.1, 0.15) is 10.4 Å². The van der Waals surface area contributed by atoms with Gasteiger partial charge in [-0.15, -0.1) is 11.6 Å². The topological polar surface area (TPSA) is 98.5 Å². The molecule has 102 valence electrons. The number of non-ortho nitro benzene ring substituents is 1. The molecular weight excluding hydrogens is 276 g/mol. The molecule has 1 unspecified atom stereocenters. The Bertz CT molecular complexity index is 488. The van der Waals surface area contributed by atoms with Crippen molar-refractivity contribution in [2.24, 2.45) is 0 Å². The number of nitrogens with one attached hydrogen (secondary N) is 1. The summed E-state index contributed by atoms with van der Waals surface area (Å²) in [6.45, 7) is -0.0932. The Morgan fingerprint density at radius 2 is 2.00 bits per heavy atom. The average Bonchev–Trinajstić information content (AvgIpc) is 2.43. The molecule has 0 bridgehead atoms. The fourth-order valence-corrected chi connectivity index (χ4v) is 1.40. The van der Waals surface area contributed by atoms with E-state index in [-0.39, 0.29) is 17.8 Å². The molecule has 8 heteroatoms. The highest BCUT2D eigenvalue weighted by Crippen LogP contribution is 2.11. The second-order valence-corrected chi connectivity index (χ2v) is 4.03. The summed E-state index contributed by atoms with van der Waals surface area (Å²) in [7, 11) is 1.19. The number of nitrogens with zero attached hydrogens (tertiary/aromatic N) is 1. The summed E-state index contributed by atoms with van der Waals surface area (Å²) in [5.41, 5.74) is 0.126. The van der Waals surface area contributed by atoms with Crippen molar-refractivity contribution in [1.82, 2.24) is 5.32 Å². The Kier molecular flexibility index (Phi) is 5.25. The predicted molar refractivity (Wildman–Crippen MR) is 67.1 cm³/mol. The van der Waals surface area contributed by atoms with Crippen molar-refractivity contribution >= 4 is 29.2 Å². The van der Waals surface area contributed by atoms with E-state index in [1.807, 2.05) is 0 Å². The predicted octanol–water partition coefficient (Wildman–Crippen LogP) is 1.10. The number of nitro benzene ring substituents is 1. The van der Waals surface area contributed by atoms with Gasteiger partial charge in [0.2, 0.25) is 0 Å². The van der Waals surface area contributed by atoms with E-state index in [0.717, 1.165) is 0 Å². The van der Waals surface area contributed by atoms with Crippen LogP contribution >= 0.6 is 11.6 Å². The fraction of sp³-hybridized carbons (Fsp3) is 0.273. The molecule has 1 aromatic carbocycles. The van der Waals surface area contributed by atoms with Gasteiger partial charge >= 0.3 is 5.97 Å². The van der Waals surface area contributed by atoms with Gasteiger partial charge in [-0.25, -0.2) is 0 Å². The molecular formula is C11H11ClN2O5. The zero-order valence-electron chi connectivity index (χ0n) is 9.96. The summed E-state index contributed by atoms with van der Waals surface area (Å²) in [4.78, 5) is 32.5. The maximum absolute atomic E-state index is 11.6. The van der Waals surface area contributed by atoms with E-state index < -0.39 is 22.2 Å². The van der Waals surface area contributed by atoms with Crippen LogP contribution in [0.15, 0.2) is 24.3 Å². The number of rotatable bonds is 5. The SMILES string of the molecule is COC(=O)C(Cl)CNC(=O)c1ccc([N+](=O)[O-])cc1. The van der Waals surface area contributed by atoms with Crippen LogP contribution < -0.4 is 5.32 Å². The molecule has 0 aliphatic carbocycles. The number of esters is 1. The van der Waals surface area contributed by atoms with Gasteiger partial charge in [-0.3, -0.25) is 19.7 Å². The number of hydrogen-bond donors (Lipinski definition) is 1. The number of nitro groups is 1.